The van der Waals surface area contributed by atoms with Crippen molar-refractivity contribution >= 4 is 9.84 Å². The molecule has 0 aromatic carbocycles. The molecule has 0 saturated carbocycles. The van der Waals surface area contributed by atoms with Gasteiger partial charge in [0.05, 0.1) is 11.5 Å². The molecular formula is C6H14O4S. The van der Waals surface area contributed by atoms with Gasteiger partial charge in [0.15, 0.2) is 0 Å². The molecule has 0 aliphatic carbocycles. The molecule has 0 heterocycles. The summed E-state index contributed by atoms with van der Waals surface area (Å²) in [5.74, 6) is 0.0347. The van der Waals surface area contributed by atoms with Gasteiger partial charge in [-0.25, -0.2) is 8.42 Å². The Balaban J connectivity index is 3.63. The molecule has 0 aromatic rings. The number of hydrogen-bond acceptors (Lipinski definition) is 4. The molecule has 2 N–H and O–H groups in total. The first kappa shape index (κ1) is 10.9. The Kier molecular flexibility index (Phi) is 5.45. The summed E-state index contributed by atoms with van der Waals surface area (Å²) in [6.07, 6.45) is 0.571. The van der Waals surface area contributed by atoms with E-state index in [-0.39, 0.29) is 37.6 Å². The van der Waals surface area contributed by atoms with Crippen LogP contribution in [0.25, 0.3) is 0 Å². The third kappa shape index (κ3) is 6.28. The van der Waals surface area contributed by atoms with Crippen molar-refractivity contribution in [1.29, 1.82) is 0 Å². The second-order valence-electron chi connectivity index (χ2n) is 2.31. The Morgan fingerprint density at radius 1 is 0.909 bits per heavy atom. The molecule has 0 rings (SSSR count). The quantitative estimate of drug-likeness (QED) is 0.562. The van der Waals surface area contributed by atoms with E-state index < -0.39 is 9.84 Å². The summed E-state index contributed by atoms with van der Waals surface area (Å²) < 4.78 is 21.9. The zero-order valence-corrected chi connectivity index (χ0v) is 7.18. The van der Waals surface area contributed by atoms with E-state index in [2.05, 4.69) is 0 Å². The van der Waals surface area contributed by atoms with Gasteiger partial charge in [-0.05, 0) is 12.8 Å². The third-order valence-corrected chi connectivity index (χ3v) is 3.05. The number of aliphatic hydroxyl groups excluding tert-OH is 2. The first-order chi connectivity index (χ1) is 5.12. The van der Waals surface area contributed by atoms with Crippen molar-refractivity contribution in [2.45, 2.75) is 12.8 Å². The molecule has 11 heavy (non-hydrogen) atoms. The summed E-state index contributed by atoms with van der Waals surface area (Å²) in [7, 11) is -3.03. The highest BCUT2D eigenvalue weighted by molar-refractivity contribution is 7.91. The van der Waals surface area contributed by atoms with Crippen LogP contribution in [0.1, 0.15) is 12.8 Å². The van der Waals surface area contributed by atoms with Gasteiger partial charge in [0.25, 0.3) is 0 Å². The monoisotopic (exact) mass is 182 g/mol. The van der Waals surface area contributed by atoms with Crippen LogP contribution in [0.2, 0.25) is 0 Å². The fourth-order valence-electron chi connectivity index (χ4n) is 0.671. The zero-order chi connectivity index (χ0) is 8.74. The molecule has 0 unspecified atom stereocenters. The topological polar surface area (TPSA) is 74.6 Å². The van der Waals surface area contributed by atoms with Crippen LogP contribution in [0.3, 0.4) is 0 Å². The van der Waals surface area contributed by atoms with Crippen LogP contribution in [-0.4, -0.2) is 43.4 Å². The summed E-state index contributed by atoms with van der Waals surface area (Å²) in [4.78, 5) is 0. The van der Waals surface area contributed by atoms with Crippen molar-refractivity contribution in [3.8, 4) is 0 Å². The summed E-state index contributed by atoms with van der Waals surface area (Å²) in [6.45, 7) is -0.198. The van der Waals surface area contributed by atoms with Crippen LogP contribution >= 0.6 is 0 Å². The first-order valence-electron chi connectivity index (χ1n) is 3.54. The molecule has 0 radical (unpaired) electrons. The maximum Gasteiger partial charge on any atom is 0.150 e. The van der Waals surface area contributed by atoms with E-state index in [0.717, 1.165) is 0 Å². The smallest absolute Gasteiger partial charge is 0.150 e. The maximum absolute atomic E-state index is 10.9. The second-order valence-corrected chi connectivity index (χ2v) is 4.61. The van der Waals surface area contributed by atoms with Crippen molar-refractivity contribution in [3.63, 3.8) is 0 Å². The fourth-order valence-corrected chi connectivity index (χ4v) is 2.01. The lowest BCUT2D eigenvalue weighted by molar-refractivity contribution is 0.293. The van der Waals surface area contributed by atoms with E-state index in [1.54, 1.807) is 0 Å². The minimum absolute atomic E-state index is 0.0174. The molecule has 0 aromatic heterocycles. The lowest BCUT2D eigenvalue weighted by Gasteiger charge is -2.00. The van der Waals surface area contributed by atoms with E-state index in [1.165, 1.54) is 0 Å². The summed E-state index contributed by atoms with van der Waals surface area (Å²) in [5, 5.41) is 16.7. The van der Waals surface area contributed by atoms with Gasteiger partial charge >= 0.3 is 0 Å². The van der Waals surface area contributed by atoms with Gasteiger partial charge in [-0.3, -0.25) is 0 Å². The standard InChI is InChI=1S/C6H14O4S/c7-3-1-5-11(9,10)6-2-4-8/h7-8H,1-6H2. The third-order valence-electron chi connectivity index (χ3n) is 1.23. The van der Waals surface area contributed by atoms with E-state index >= 15 is 0 Å². The summed E-state index contributed by atoms with van der Waals surface area (Å²) in [5.41, 5.74) is 0. The largest absolute Gasteiger partial charge is 0.396 e. The Hall–Kier alpha value is -0.130. The second kappa shape index (κ2) is 5.51. The minimum Gasteiger partial charge on any atom is -0.396 e. The number of rotatable bonds is 6. The van der Waals surface area contributed by atoms with Crippen LogP contribution in [0, 0.1) is 0 Å². The molecular weight excluding hydrogens is 168 g/mol. The first-order valence-corrected chi connectivity index (χ1v) is 5.36. The summed E-state index contributed by atoms with van der Waals surface area (Å²) >= 11 is 0. The summed E-state index contributed by atoms with van der Waals surface area (Å²) in [6, 6.07) is 0. The predicted octanol–water partition coefficient (Wildman–Crippen LogP) is -0.834. The van der Waals surface area contributed by atoms with Crippen LogP contribution < -0.4 is 0 Å². The molecule has 68 valence electrons. The van der Waals surface area contributed by atoms with Gasteiger partial charge in [0, 0.05) is 13.2 Å². The molecule has 0 amide bonds. The average Bonchev–Trinajstić information content (AvgIpc) is 1.97. The van der Waals surface area contributed by atoms with Crippen molar-refractivity contribution in [2.24, 2.45) is 0 Å². The molecule has 5 heteroatoms. The minimum atomic E-state index is -3.03. The SMILES string of the molecule is O=S(=O)(CCCO)CCCO. The number of sulfone groups is 1. The normalized spacial score (nSPS) is 11.8. The van der Waals surface area contributed by atoms with Crippen molar-refractivity contribution in [1.82, 2.24) is 0 Å². The maximum atomic E-state index is 10.9. The van der Waals surface area contributed by atoms with Gasteiger partial charge in [0.2, 0.25) is 0 Å². The highest BCUT2D eigenvalue weighted by Crippen LogP contribution is 1.95. The van der Waals surface area contributed by atoms with Crippen LogP contribution in [-0.2, 0) is 9.84 Å². The Labute approximate surface area is 66.8 Å². The molecule has 0 saturated heterocycles. The predicted molar refractivity (Wildman–Crippen MR) is 42.1 cm³/mol. The highest BCUT2D eigenvalue weighted by atomic mass is 32.2. The average molecular weight is 182 g/mol. The molecule has 0 fully saturated rings. The fraction of sp³-hybridized carbons (Fsp3) is 1.00. The number of aliphatic hydroxyl groups is 2. The van der Waals surface area contributed by atoms with Gasteiger partial charge in [0.1, 0.15) is 9.84 Å². The molecule has 0 aliphatic heterocycles. The highest BCUT2D eigenvalue weighted by Gasteiger charge is 2.08. The molecule has 0 spiro atoms. The zero-order valence-electron chi connectivity index (χ0n) is 6.36. The van der Waals surface area contributed by atoms with E-state index in [9.17, 15) is 8.42 Å². The van der Waals surface area contributed by atoms with Crippen LogP contribution in [0.4, 0.5) is 0 Å². The molecule has 0 aliphatic rings. The number of hydrogen-bond donors (Lipinski definition) is 2. The van der Waals surface area contributed by atoms with Gasteiger partial charge in [-0.15, -0.1) is 0 Å². The Morgan fingerprint density at radius 2 is 1.27 bits per heavy atom. The van der Waals surface area contributed by atoms with E-state index in [4.69, 9.17) is 10.2 Å². The van der Waals surface area contributed by atoms with Crippen LogP contribution in [0.5, 0.6) is 0 Å². The molecule has 0 atom stereocenters. The van der Waals surface area contributed by atoms with E-state index in [1.807, 2.05) is 0 Å². The van der Waals surface area contributed by atoms with Crippen LogP contribution in [0.15, 0.2) is 0 Å². The molecule has 4 nitrogen and oxygen atoms in total. The molecule has 0 bridgehead atoms. The van der Waals surface area contributed by atoms with Crippen molar-refractivity contribution < 1.29 is 18.6 Å². The Morgan fingerprint density at radius 3 is 1.55 bits per heavy atom. The van der Waals surface area contributed by atoms with Gasteiger partial charge in [-0.2, -0.15) is 0 Å². The van der Waals surface area contributed by atoms with Gasteiger partial charge in [-0.1, -0.05) is 0 Å². The van der Waals surface area contributed by atoms with E-state index in [0.29, 0.717) is 0 Å². The Bertz CT molecular complexity index is 159. The lowest BCUT2D eigenvalue weighted by Crippen LogP contribution is -2.13. The van der Waals surface area contributed by atoms with Crippen molar-refractivity contribution in [2.75, 3.05) is 24.7 Å². The van der Waals surface area contributed by atoms with Gasteiger partial charge < -0.3 is 10.2 Å². The lowest BCUT2D eigenvalue weighted by atomic mass is 10.5. The van der Waals surface area contributed by atoms with Crippen molar-refractivity contribution in [3.05, 3.63) is 0 Å².